The van der Waals surface area contributed by atoms with Gasteiger partial charge in [-0.1, -0.05) is 18.2 Å². The van der Waals surface area contributed by atoms with Crippen molar-refractivity contribution in [1.29, 1.82) is 0 Å². The van der Waals surface area contributed by atoms with Crippen LogP contribution < -0.4 is 10.2 Å². The van der Waals surface area contributed by atoms with Crippen molar-refractivity contribution in [2.45, 2.75) is 37.8 Å². The van der Waals surface area contributed by atoms with Gasteiger partial charge in [-0.05, 0) is 43.7 Å². The second-order valence-corrected chi connectivity index (χ2v) is 6.09. The molecule has 114 valence electrons. The second kappa shape index (κ2) is 6.58. The molecule has 1 saturated carbocycles. The smallest absolute Gasteiger partial charge is 0.244 e. The Morgan fingerprint density at radius 1 is 1.29 bits per heavy atom. The molecule has 3 rings (SSSR count). The van der Waals surface area contributed by atoms with Crippen LogP contribution in [0.1, 0.15) is 25.7 Å². The third-order valence-corrected chi connectivity index (χ3v) is 4.46. The van der Waals surface area contributed by atoms with Gasteiger partial charge in [0.2, 0.25) is 5.91 Å². The number of ether oxygens (including phenoxy) is 1. The predicted octanol–water partition coefficient (Wildman–Crippen LogP) is 2.20. The number of rotatable bonds is 6. The fourth-order valence-electron chi connectivity index (χ4n) is 3.15. The lowest BCUT2D eigenvalue weighted by atomic mass is 10.0. The van der Waals surface area contributed by atoms with Gasteiger partial charge in [0.1, 0.15) is 0 Å². The van der Waals surface area contributed by atoms with Crippen LogP contribution in [0.3, 0.4) is 0 Å². The zero-order valence-corrected chi connectivity index (χ0v) is 12.6. The molecule has 1 aromatic carbocycles. The minimum atomic E-state index is -0.0697. The van der Waals surface area contributed by atoms with Gasteiger partial charge in [0.25, 0.3) is 0 Å². The molecule has 1 aromatic rings. The fraction of sp³-hybridized carbons (Fsp3) is 0.588. The lowest BCUT2D eigenvalue weighted by Crippen LogP contribution is -2.54. The summed E-state index contributed by atoms with van der Waals surface area (Å²) in [6, 6.07) is 10.2. The van der Waals surface area contributed by atoms with Crippen molar-refractivity contribution in [1.82, 2.24) is 5.32 Å². The molecule has 1 heterocycles. The molecule has 1 aliphatic carbocycles. The van der Waals surface area contributed by atoms with Crippen LogP contribution in [-0.4, -0.2) is 38.3 Å². The van der Waals surface area contributed by atoms with Crippen molar-refractivity contribution in [3.8, 4) is 0 Å². The van der Waals surface area contributed by atoms with Gasteiger partial charge >= 0.3 is 0 Å². The number of hydrogen-bond acceptors (Lipinski definition) is 3. The summed E-state index contributed by atoms with van der Waals surface area (Å²) < 4.78 is 5.31. The van der Waals surface area contributed by atoms with E-state index in [-0.39, 0.29) is 11.9 Å². The molecule has 1 N–H and O–H groups in total. The van der Waals surface area contributed by atoms with Gasteiger partial charge in [-0.3, -0.25) is 4.79 Å². The molecular weight excluding hydrogens is 264 g/mol. The summed E-state index contributed by atoms with van der Waals surface area (Å²) >= 11 is 0. The molecular formula is C17H24N2O2. The maximum absolute atomic E-state index is 12.7. The van der Waals surface area contributed by atoms with Gasteiger partial charge < -0.3 is 15.0 Å². The van der Waals surface area contributed by atoms with E-state index < -0.39 is 0 Å². The van der Waals surface area contributed by atoms with Gasteiger partial charge in [0.05, 0.1) is 12.6 Å². The topological polar surface area (TPSA) is 41.6 Å². The standard InChI is InChI=1S/C17H24N2O2/c1-21-12-16(13-9-10-13)18-15-8-5-11-19(17(15)20)14-6-3-2-4-7-14/h2-4,6-7,13,15-16,18H,5,8-12H2,1H3/t15-,16-/m0/s1. The van der Waals surface area contributed by atoms with Gasteiger partial charge in [0, 0.05) is 25.4 Å². The zero-order valence-electron chi connectivity index (χ0n) is 12.6. The Morgan fingerprint density at radius 3 is 2.71 bits per heavy atom. The van der Waals surface area contributed by atoms with E-state index in [0.717, 1.165) is 25.1 Å². The number of benzene rings is 1. The van der Waals surface area contributed by atoms with Crippen LogP contribution in [0.15, 0.2) is 30.3 Å². The zero-order chi connectivity index (χ0) is 14.7. The summed E-state index contributed by atoms with van der Waals surface area (Å²) in [6.45, 7) is 1.51. The van der Waals surface area contributed by atoms with Crippen LogP contribution in [0.5, 0.6) is 0 Å². The molecule has 1 aliphatic heterocycles. The summed E-state index contributed by atoms with van der Waals surface area (Å²) in [4.78, 5) is 14.6. The number of para-hydroxylation sites is 1. The normalized spacial score (nSPS) is 24.1. The lowest BCUT2D eigenvalue weighted by Gasteiger charge is -2.34. The molecule has 0 spiro atoms. The summed E-state index contributed by atoms with van der Waals surface area (Å²) in [6.07, 6.45) is 4.48. The maximum atomic E-state index is 12.7. The van der Waals surface area contributed by atoms with E-state index in [2.05, 4.69) is 5.32 Å². The average Bonchev–Trinajstić information content (AvgIpc) is 3.34. The highest BCUT2D eigenvalue weighted by Gasteiger charge is 2.36. The summed E-state index contributed by atoms with van der Waals surface area (Å²) in [5, 5.41) is 3.55. The Bertz CT molecular complexity index is 473. The Kier molecular flexibility index (Phi) is 4.56. The molecule has 1 amide bonds. The lowest BCUT2D eigenvalue weighted by molar-refractivity contribution is -0.122. The van der Waals surface area contributed by atoms with Gasteiger partial charge in [-0.2, -0.15) is 0 Å². The Labute approximate surface area is 126 Å². The highest BCUT2D eigenvalue weighted by atomic mass is 16.5. The third kappa shape index (κ3) is 3.44. The van der Waals surface area contributed by atoms with E-state index in [4.69, 9.17) is 4.74 Å². The molecule has 0 unspecified atom stereocenters. The van der Waals surface area contributed by atoms with Crippen molar-refractivity contribution in [3.63, 3.8) is 0 Å². The number of nitrogens with zero attached hydrogens (tertiary/aromatic N) is 1. The second-order valence-electron chi connectivity index (χ2n) is 6.09. The molecule has 0 aromatic heterocycles. The van der Waals surface area contributed by atoms with Gasteiger partial charge in [-0.15, -0.1) is 0 Å². The third-order valence-electron chi connectivity index (χ3n) is 4.46. The molecule has 1 saturated heterocycles. The highest BCUT2D eigenvalue weighted by Crippen LogP contribution is 2.33. The number of methoxy groups -OCH3 is 1. The van der Waals surface area contributed by atoms with Crippen molar-refractivity contribution in [2.75, 3.05) is 25.2 Å². The molecule has 2 fully saturated rings. The molecule has 4 heteroatoms. The van der Waals surface area contributed by atoms with Crippen LogP contribution in [0.2, 0.25) is 0 Å². The number of hydrogen-bond donors (Lipinski definition) is 1. The summed E-state index contributed by atoms with van der Waals surface area (Å²) in [7, 11) is 1.73. The largest absolute Gasteiger partial charge is 0.383 e. The van der Waals surface area contributed by atoms with Crippen LogP contribution in [0, 0.1) is 5.92 Å². The summed E-state index contributed by atoms with van der Waals surface area (Å²) in [5.41, 5.74) is 1.00. The van der Waals surface area contributed by atoms with E-state index in [0.29, 0.717) is 18.6 Å². The fourth-order valence-corrected chi connectivity index (χ4v) is 3.15. The minimum absolute atomic E-state index is 0.0697. The average molecular weight is 288 g/mol. The first-order chi connectivity index (χ1) is 10.3. The van der Waals surface area contributed by atoms with Crippen molar-refractivity contribution < 1.29 is 9.53 Å². The molecule has 0 radical (unpaired) electrons. The van der Waals surface area contributed by atoms with Crippen LogP contribution in [0.25, 0.3) is 0 Å². The van der Waals surface area contributed by atoms with Crippen LogP contribution in [0.4, 0.5) is 5.69 Å². The Balaban J connectivity index is 1.67. The van der Waals surface area contributed by atoms with Gasteiger partial charge in [-0.25, -0.2) is 0 Å². The first-order valence-electron chi connectivity index (χ1n) is 7.91. The van der Waals surface area contributed by atoms with Gasteiger partial charge in [0.15, 0.2) is 0 Å². The molecule has 21 heavy (non-hydrogen) atoms. The molecule has 2 aliphatic rings. The number of piperidine rings is 1. The SMILES string of the molecule is COC[C@H](N[C@H]1CCCN(c2ccccc2)C1=O)C1CC1. The first-order valence-corrected chi connectivity index (χ1v) is 7.91. The van der Waals surface area contributed by atoms with Crippen molar-refractivity contribution in [2.24, 2.45) is 5.92 Å². The monoisotopic (exact) mass is 288 g/mol. The number of amides is 1. The van der Waals surface area contributed by atoms with Crippen LogP contribution in [-0.2, 0) is 9.53 Å². The molecule has 4 nitrogen and oxygen atoms in total. The van der Waals surface area contributed by atoms with Crippen LogP contribution >= 0.6 is 0 Å². The quantitative estimate of drug-likeness (QED) is 0.872. The number of carbonyl (C=O) groups is 1. The Morgan fingerprint density at radius 2 is 2.05 bits per heavy atom. The van der Waals surface area contributed by atoms with E-state index in [1.54, 1.807) is 7.11 Å². The van der Waals surface area contributed by atoms with Crippen molar-refractivity contribution >= 4 is 11.6 Å². The Hall–Kier alpha value is -1.39. The van der Waals surface area contributed by atoms with Crippen molar-refractivity contribution in [3.05, 3.63) is 30.3 Å². The predicted molar refractivity (Wildman–Crippen MR) is 83.3 cm³/mol. The number of carbonyl (C=O) groups excluding carboxylic acids is 1. The van der Waals surface area contributed by atoms with E-state index in [9.17, 15) is 4.79 Å². The molecule has 0 bridgehead atoms. The molecule has 2 atom stereocenters. The summed E-state index contributed by atoms with van der Waals surface area (Å²) in [5.74, 6) is 0.888. The number of nitrogens with one attached hydrogen (secondary N) is 1. The number of anilines is 1. The maximum Gasteiger partial charge on any atom is 0.244 e. The van der Waals surface area contributed by atoms with E-state index in [1.165, 1.54) is 12.8 Å². The highest BCUT2D eigenvalue weighted by molar-refractivity contribution is 5.97. The minimum Gasteiger partial charge on any atom is -0.383 e. The van der Waals surface area contributed by atoms with E-state index in [1.807, 2.05) is 35.2 Å². The first kappa shape index (κ1) is 14.5. The van der Waals surface area contributed by atoms with E-state index >= 15 is 0 Å².